The van der Waals surface area contributed by atoms with E-state index in [2.05, 4.69) is 17.5 Å². The van der Waals surface area contributed by atoms with Gasteiger partial charge >= 0.3 is 6.09 Å². The van der Waals surface area contributed by atoms with Crippen LogP contribution in [0.25, 0.3) is 0 Å². The summed E-state index contributed by atoms with van der Waals surface area (Å²) in [5.41, 5.74) is 9.01. The van der Waals surface area contributed by atoms with E-state index in [1.54, 1.807) is 4.90 Å². The highest BCUT2D eigenvalue weighted by molar-refractivity contribution is 5.71. The first-order chi connectivity index (χ1) is 14.8. The molecule has 6 heteroatoms. The summed E-state index contributed by atoms with van der Waals surface area (Å²) in [7, 11) is 0. The molecule has 162 valence electrons. The quantitative estimate of drug-likeness (QED) is 0.658. The molecule has 0 saturated carbocycles. The molecule has 2 aliphatic heterocycles. The van der Waals surface area contributed by atoms with E-state index in [9.17, 15) is 4.79 Å². The molecule has 0 spiro atoms. The Bertz CT molecular complexity index is 987. The molecule has 1 fully saturated rings. The Balaban J connectivity index is 1.56. The van der Waals surface area contributed by atoms with Gasteiger partial charge in [-0.25, -0.2) is 4.79 Å². The molecule has 2 aromatic carbocycles. The van der Waals surface area contributed by atoms with Crippen LogP contribution >= 0.6 is 0 Å². The van der Waals surface area contributed by atoms with Crippen molar-refractivity contribution in [1.82, 2.24) is 15.9 Å². The first-order valence-electron chi connectivity index (χ1n) is 10.6. The van der Waals surface area contributed by atoms with Crippen LogP contribution in [-0.4, -0.2) is 23.1 Å². The lowest BCUT2D eigenvalue weighted by Gasteiger charge is -2.47. The van der Waals surface area contributed by atoms with Gasteiger partial charge in [-0.3, -0.25) is 9.91 Å². The Morgan fingerprint density at radius 1 is 1.13 bits per heavy atom. The number of benzene rings is 2. The van der Waals surface area contributed by atoms with Gasteiger partial charge in [0.15, 0.2) is 0 Å². The van der Waals surface area contributed by atoms with Crippen LogP contribution in [0.1, 0.15) is 39.2 Å². The van der Waals surface area contributed by atoms with Gasteiger partial charge in [-0.1, -0.05) is 60.7 Å². The normalized spacial score (nSPS) is 21.4. The van der Waals surface area contributed by atoms with Crippen LogP contribution in [0, 0.1) is 0 Å². The van der Waals surface area contributed by atoms with Crippen LogP contribution in [0.15, 0.2) is 84.7 Å². The van der Waals surface area contributed by atoms with Gasteiger partial charge in [0, 0.05) is 25.6 Å². The summed E-state index contributed by atoms with van der Waals surface area (Å²) in [6.45, 7) is 10.7. The van der Waals surface area contributed by atoms with E-state index in [0.717, 1.165) is 22.5 Å². The third kappa shape index (κ3) is 4.03. The van der Waals surface area contributed by atoms with Gasteiger partial charge in [0.05, 0.1) is 16.9 Å². The maximum absolute atomic E-state index is 13.3. The lowest BCUT2D eigenvalue weighted by molar-refractivity contribution is -0.0683. The highest BCUT2D eigenvalue weighted by Gasteiger charge is 2.47. The maximum Gasteiger partial charge on any atom is 0.411 e. The minimum Gasteiger partial charge on any atom is -0.437 e. The monoisotopic (exact) mass is 418 g/mol. The number of amides is 1. The number of ether oxygens (including phenoxy) is 1. The van der Waals surface area contributed by atoms with Crippen LogP contribution in [0.3, 0.4) is 0 Å². The van der Waals surface area contributed by atoms with Gasteiger partial charge in [-0.05, 0) is 38.5 Å². The standard InChI is InChI=1S/C25H30N4O2/c1-19(2)17-25(20-11-7-5-8-12-20)15-16-28(23(30)31-25)24(3,4)22-18-29(27-26-22)21-13-9-6-10-14-21/h5-14,18,26-27H,1,15-17H2,2-4H3. The summed E-state index contributed by atoms with van der Waals surface area (Å²) >= 11 is 0. The number of hydrogen-bond acceptors (Lipinski definition) is 5. The topological polar surface area (TPSA) is 56.8 Å². The fraction of sp³-hybridized carbons (Fsp3) is 0.320. The minimum atomic E-state index is -0.678. The number of anilines is 1. The number of cyclic esters (lactones) is 1. The van der Waals surface area contributed by atoms with Crippen LogP contribution in [0.2, 0.25) is 0 Å². The Labute approximate surface area is 184 Å². The molecule has 2 N–H and O–H groups in total. The Kier molecular flexibility index (Phi) is 5.50. The summed E-state index contributed by atoms with van der Waals surface area (Å²) < 4.78 is 6.18. The zero-order valence-corrected chi connectivity index (χ0v) is 18.4. The Hall–Kier alpha value is -3.25. The van der Waals surface area contributed by atoms with Crippen molar-refractivity contribution in [1.29, 1.82) is 0 Å². The lowest BCUT2D eigenvalue weighted by Crippen LogP contribution is -2.58. The zero-order valence-electron chi connectivity index (χ0n) is 18.4. The molecule has 1 saturated heterocycles. The fourth-order valence-corrected chi connectivity index (χ4v) is 4.32. The van der Waals surface area contributed by atoms with Crippen molar-refractivity contribution in [3.05, 3.63) is 90.3 Å². The molecule has 0 aliphatic carbocycles. The van der Waals surface area contributed by atoms with E-state index in [-0.39, 0.29) is 6.09 Å². The number of nitrogens with zero attached hydrogens (tertiary/aromatic N) is 2. The number of rotatable bonds is 6. The first kappa shape index (κ1) is 21.0. The molecule has 1 atom stereocenters. The van der Waals surface area contributed by atoms with Crippen molar-refractivity contribution in [2.75, 3.05) is 11.6 Å². The van der Waals surface area contributed by atoms with Gasteiger partial charge in [-0.2, -0.15) is 0 Å². The Morgan fingerprint density at radius 2 is 1.77 bits per heavy atom. The number of carbonyl (C=O) groups is 1. The van der Waals surface area contributed by atoms with Crippen molar-refractivity contribution in [2.45, 2.75) is 44.8 Å². The second-order valence-electron chi connectivity index (χ2n) is 8.81. The molecule has 1 unspecified atom stereocenters. The van der Waals surface area contributed by atoms with Gasteiger partial charge in [-0.15, -0.1) is 5.53 Å². The number of para-hydroxylation sites is 1. The molecule has 0 aromatic heterocycles. The second kappa shape index (κ2) is 8.12. The summed E-state index contributed by atoms with van der Waals surface area (Å²) in [5, 5.41) is 1.90. The Morgan fingerprint density at radius 3 is 2.39 bits per heavy atom. The molecule has 0 radical (unpaired) electrons. The molecule has 1 amide bonds. The summed E-state index contributed by atoms with van der Waals surface area (Å²) in [5.74, 6) is 0. The molecule has 2 aliphatic rings. The van der Waals surface area contributed by atoms with E-state index in [1.807, 2.05) is 92.6 Å². The fourth-order valence-electron chi connectivity index (χ4n) is 4.32. The van der Waals surface area contributed by atoms with Crippen molar-refractivity contribution in [3.8, 4) is 0 Å². The zero-order chi connectivity index (χ0) is 22.1. The predicted molar refractivity (Wildman–Crippen MR) is 123 cm³/mol. The highest BCUT2D eigenvalue weighted by atomic mass is 16.6. The smallest absolute Gasteiger partial charge is 0.411 e. The van der Waals surface area contributed by atoms with Gasteiger partial charge in [0.1, 0.15) is 5.60 Å². The predicted octanol–water partition coefficient (Wildman–Crippen LogP) is 4.84. The van der Waals surface area contributed by atoms with Crippen LogP contribution < -0.4 is 16.0 Å². The number of hydrogen-bond donors (Lipinski definition) is 2. The molecule has 0 bridgehead atoms. The number of hydrazine groups is 2. The summed E-state index contributed by atoms with van der Waals surface area (Å²) in [4.78, 5) is 15.1. The van der Waals surface area contributed by atoms with E-state index >= 15 is 0 Å². The summed E-state index contributed by atoms with van der Waals surface area (Å²) in [6.07, 6.45) is 2.97. The average Bonchev–Trinajstić information content (AvgIpc) is 3.26. The van der Waals surface area contributed by atoms with Gasteiger partial charge in [0.2, 0.25) is 0 Å². The van der Waals surface area contributed by atoms with Crippen molar-refractivity contribution in [3.63, 3.8) is 0 Å². The van der Waals surface area contributed by atoms with Crippen LogP contribution in [0.4, 0.5) is 10.5 Å². The molecule has 2 heterocycles. The van der Waals surface area contributed by atoms with E-state index in [1.165, 1.54) is 0 Å². The van der Waals surface area contributed by atoms with Crippen LogP contribution in [0.5, 0.6) is 0 Å². The SMILES string of the molecule is C=C(C)CC1(c2ccccc2)CCN(C(C)(C)C2=CN(c3ccccc3)NN2)C(=O)O1. The van der Waals surface area contributed by atoms with E-state index < -0.39 is 11.1 Å². The molecule has 4 rings (SSSR count). The van der Waals surface area contributed by atoms with Crippen molar-refractivity contribution >= 4 is 11.8 Å². The average molecular weight is 419 g/mol. The second-order valence-corrected chi connectivity index (χ2v) is 8.81. The van der Waals surface area contributed by atoms with E-state index in [0.29, 0.717) is 19.4 Å². The van der Waals surface area contributed by atoms with Crippen molar-refractivity contribution in [2.24, 2.45) is 0 Å². The largest absolute Gasteiger partial charge is 0.437 e. The maximum atomic E-state index is 13.3. The molecule has 2 aromatic rings. The molecule has 31 heavy (non-hydrogen) atoms. The third-order valence-corrected chi connectivity index (χ3v) is 6.07. The summed E-state index contributed by atoms with van der Waals surface area (Å²) in [6, 6.07) is 20.0. The van der Waals surface area contributed by atoms with Gasteiger partial charge in [0.25, 0.3) is 0 Å². The number of carbonyl (C=O) groups excluding carboxylic acids is 1. The highest BCUT2D eigenvalue weighted by Crippen LogP contribution is 2.41. The van der Waals surface area contributed by atoms with Crippen LogP contribution in [-0.2, 0) is 10.3 Å². The van der Waals surface area contributed by atoms with E-state index in [4.69, 9.17) is 4.74 Å². The lowest BCUT2D eigenvalue weighted by atomic mass is 9.83. The first-order valence-corrected chi connectivity index (χ1v) is 10.6. The van der Waals surface area contributed by atoms with Crippen molar-refractivity contribution < 1.29 is 9.53 Å². The number of nitrogens with one attached hydrogen (secondary N) is 2. The molecular formula is C25H30N4O2. The molecular weight excluding hydrogens is 388 g/mol. The third-order valence-electron chi connectivity index (χ3n) is 6.07. The minimum absolute atomic E-state index is 0.317. The van der Waals surface area contributed by atoms with Gasteiger partial charge < -0.3 is 10.2 Å². The molecule has 6 nitrogen and oxygen atoms in total.